The van der Waals surface area contributed by atoms with E-state index in [2.05, 4.69) is 33.4 Å². The van der Waals surface area contributed by atoms with Crippen LogP contribution in [0.5, 0.6) is 5.75 Å². The fourth-order valence-electron chi connectivity index (χ4n) is 3.29. The van der Waals surface area contributed by atoms with Gasteiger partial charge < -0.3 is 15.0 Å². The number of nitrogens with one attached hydrogen (secondary N) is 1. The SMILES string of the molecule is c1cc(-c2ccncc2)c2c(c1)N1CCNC[C@@H]1CCO2. The Labute approximate surface area is 124 Å². The van der Waals surface area contributed by atoms with Crippen molar-refractivity contribution < 1.29 is 4.74 Å². The van der Waals surface area contributed by atoms with Crippen LogP contribution in [0, 0.1) is 0 Å². The van der Waals surface area contributed by atoms with Crippen LogP contribution in [0.1, 0.15) is 6.42 Å². The topological polar surface area (TPSA) is 37.4 Å². The van der Waals surface area contributed by atoms with Crippen molar-refractivity contribution in [3.05, 3.63) is 42.7 Å². The highest BCUT2D eigenvalue weighted by Crippen LogP contribution is 2.41. The number of piperazine rings is 1. The molecule has 4 heteroatoms. The summed E-state index contributed by atoms with van der Waals surface area (Å²) in [5, 5.41) is 3.48. The maximum absolute atomic E-state index is 6.14. The summed E-state index contributed by atoms with van der Waals surface area (Å²) in [4.78, 5) is 6.61. The molecule has 1 saturated heterocycles. The first-order valence-electron chi connectivity index (χ1n) is 7.57. The fraction of sp³-hybridized carbons (Fsp3) is 0.353. The summed E-state index contributed by atoms with van der Waals surface area (Å²) in [7, 11) is 0. The van der Waals surface area contributed by atoms with Gasteiger partial charge in [0.1, 0.15) is 5.75 Å². The Morgan fingerprint density at radius 1 is 1.19 bits per heavy atom. The Hall–Kier alpha value is -2.07. The molecule has 2 aliphatic rings. The van der Waals surface area contributed by atoms with E-state index in [-0.39, 0.29) is 0 Å². The van der Waals surface area contributed by atoms with E-state index in [1.165, 1.54) is 5.69 Å². The van der Waals surface area contributed by atoms with Gasteiger partial charge in [-0.3, -0.25) is 4.98 Å². The predicted molar refractivity (Wildman–Crippen MR) is 83.8 cm³/mol. The summed E-state index contributed by atoms with van der Waals surface area (Å²) < 4.78 is 6.14. The van der Waals surface area contributed by atoms with Gasteiger partial charge in [0.25, 0.3) is 0 Å². The van der Waals surface area contributed by atoms with E-state index in [1.54, 1.807) is 0 Å². The van der Waals surface area contributed by atoms with E-state index in [9.17, 15) is 0 Å². The molecule has 1 atom stereocenters. The van der Waals surface area contributed by atoms with Crippen LogP contribution in [-0.4, -0.2) is 37.3 Å². The molecule has 0 aliphatic carbocycles. The van der Waals surface area contributed by atoms with Gasteiger partial charge in [-0.1, -0.05) is 12.1 Å². The molecular weight excluding hydrogens is 262 g/mol. The molecule has 108 valence electrons. The maximum Gasteiger partial charge on any atom is 0.150 e. The summed E-state index contributed by atoms with van der Waals surface area (Å²) in [6.45, 7) is 3.90. The molecule has 4 nitrogen and oxygen atoms in total. The molecule has 21 heavy (non-hydrogen) atoms. The number of pyridine rings is 1. The summed E-state index contributed by atoms with van der Waals surface area (Å²) in [5.74, 6) is 1.02. The van der Waals surface area contributed by atoms with Crippen molar-refractivity contribution in [1.82, 2.24) is 10.3 Å². The van der Waals surface area contributed by atoms with E-state index in [0.717, 1.165) is 49.5 Å². The molecule has 4 rings (SSSR count). The third-order valence-electron chi connectivity index (χ3n) is 4.34. The minimum atomic E-state index is 0.535. The van der Waals surface area contributed by atoms with Gasteiger partial charge in [-0.05, 0) is 23.8 Å². The third-order valence-corrected chi connectivity index (χ3v) is 4.34. The first kappa shape index (κ1) is 12.7. The smallest absolute Gasteiger partial charge is 0.150 e. The average Bonchev–Trinajstić information content (AvgIpc) is 2.75. The Morgan fingerprint density at radius 3 is 3.00 bits per heavy atom. The van der Waals surface area contributed by atoms with Crippen LogP contribution in [-0.2, 0) is 0 Å². The first-order chi connectivity index (χ1) is 10.4. The third kappa shape index (κ3) is 2.25. The van der Waals surface area contributed by atoms with Crippen molar-refractivity contribution in [2.24, 2.45) is 0 Å². The fourth-order valence-corrected chi connectivity index (χ4v) is 3.29. The van der Waals surface area contributed by atoms with Crippen LogP contribution < -0.4 is 15.0 Å². The first-order valence-corrected chi connectivity index (χ1v) is 7.57. The summed E-state index contributed by atoms with van der Waals surface area (Å²) >= 11 is 0. The Morgan fingerprint density at radius 2 is 2.10 bits per heavy atom. The summed E-state index contributed by atoms with van der Waals surface area (Å²) in [6.07, 6.45) is 4.73. The lowest BCUT2D eigenvalue weighted by Gasteiger charge is -2.36. The van der Waals surface area contributed by atoms with Crippen molar-refractivity contribution in [3.63, 3.8) is 0 Å². The number of nitrogens with zero attached hydrogens (tertiary/aromatic N) is 2. The lowest BCUT2D eigenvalue weighted by molar-refractivity contribution is 0.305. The second-order valence-electron chi connectivity index (χ2n) is 5.58. The molecule has 1 aromatic carbocycles. The van der Waals surface area contributed by atoms with E-state index >= 15 is 0 Å². The number of aromatic nitrogens is 1. The molecule has 2 aliphatic heterocycles. The predicted octanol–water partition coefficient (Wildman–Crippen LogP) is 2.31. The van der Waals surface area contributed by atoms with E-state index in [0.29, 0.717) is 6.04 Å². The monoisotopic (exact) mass is 281 g/mol. The molecule has 0 saturated carbocycles. The minimum absolute atomic E-state index is 0.535. The maximum atomic E-state index is 6.14. The van der Waals surface area contributed by atoms with E-state index < -0.39 is 0 Å². The van der Waals surface area contributed by atoms with Gasteiger partial charge in [-0.15, -0.1) is 0 Å². The van der Waals surface area contributed by atoms with Crippen LogP contribution in [0.2, 0.25) is 0 Å². The lowest BCUT2D eigenvalue weighted by Crippen LogP contribution is -2.51. The number of hydrogen-bond acceptors (Lipinski definition) is 4. The highest BCUT2D eigenvalue weighted by Gasteiger charge is 2.28. The molecule has 0 amide bonds. The van der Waals surface area contributed by atoms with E-state index in [4.69, 9.17) is 4.74 Å². The molecule has 0 spiro atoms. The van der Waals surface area contributed by atoms with Crippen LogP contribution >= 0.6 is 0 Å². The number of ether oxygens (including phenoxy) is 1. The molecule has 0 radical (unpaired) electrons. The molecule has 1 fully saturated rings. The van der Waals surface area contributed by atoms with Crippen molar-refractivity contribution in [2.45, 2.75) is 12.5 Å². The molecule has 1 N–H and O–H groups in total. The van der Waals surface area contributed by atoms with Crippen molar-refractivity contribution in [3.8, 4) is 16.9 Å². The van der Waals surface area contributed by atoms with Crippen LogP contribution in [0.25, 0.3) is 11.1 Å². The Bertz CT molecular complexity index is 629. The van der Waals surface area contributed by atoms with Crippen molar-refractivity contribution in [1.29, 1.82) is 0 Å². The highest BCUT2D eigenvalue weighted by molar-refractivity contribution is 5.79. The molecule has 2 aromatic rings. The van der Waals surface area contributed by atoms with Crippen LogP contribution in [0.4, 0.5) is 5.69 Å². The molecular formula is C17H19N3O. The quantitative estimate of drug-likeness (QED) is 0.870. The van der Waals surface area contributed by atoms with Gasteiger partial charge in [-0.2, -0.15) is 0 Å². The number of rotatable bonds is 1. The number of para-hydroxylation sites is 1. The standard InChI is InChI=1S/C17H19N3O/c1-2-15(13-4-7-18-8-5-13)17-16(3-1)20-10-9-19-12-14(20)6-11-21-17/h1-5,7-8,14,19H,6,9-12H2/t14-/m0/s1. The zero-order chi connectivity index (χ0) is 14.1. The summed E-state index contributed by atoms with van der Waals surface area (Å²) in [5.41, 5.74) is 3.55. The largest absolute Gasteiger partial charge is 0.491 e. The number of fused-ring (bicyclic) bond motifs is 3. The van der Waals surface area contributed by atoms with E-state index in [1.807, 2.05) is 24.5 Å². The minimum Gasteiger partial charge on any atom is -0.491 e. The highest BCUT2D eigenvalue weighted by atomic mass is 16.5. The second kappa shape index (κ2) is 5.37. The van der Waals surface area contributed by atoms with Crippen molar-refractivity contribution in [2.75, 3.05) is 31.1 Å². The summed E-state index contributed by atoms with van der Waals surface area (Å²) in [6, 6.07) is 11.1. The number of benzene rings is 1. The van der Waals surface area contributed by atoms with Crippen LogP contribution in [0.15, 0.2) is 42.7 Å². The zero-order valence-electron chi connectivity index (χ0n) is 12.0. The van der Waals surface area contributed by atoms with Gasteiger partial charge in [0, 0.05) is 50.1 Å². The molecule has 3 heterocycles. The van der Waals surface area contributed by atoms with Gasteiger partial charge in [0.15, 0.2) is 0 Å². The lowest BCUT2D eigenvalue weighted by atomic mass is 10.0. The number of anilines is 1. The Balaban J connectivity index is 1.82. The molecule has 1 aromatic heterocycles. The molecule has 0 unspecified atom stereocenters. The van der Waals surface area contributed by atoms with Gasteiger partial charge in [0.05, 0.1) is 12.3 Å². The Kier molecular flexibility index (Phi) is 3.24. The zero-order valence-corrected chi connectivity index (χ0v) is 12.0. The average molecular weight is 281 g/mol. The van der Waals surface area contributed by atoms with Gasteiger partial charge in [0.2, 0.25) is 0 Å². The second-order valence-corrected chi connectivity index (χ2v) is 5.58. The normalized spacial score (nSPS) is 21.0. The van der Waals surface area contributed by atoms with Crippen LogP contribution in [0.3, 0.4) is 0 Å². The number of hydrogen-bond donors (Lipinski definition) is 1. The van der Waals surface area contributed by atoms with Gasteiger partial charge >= 0.3 is 0 Å². The molecule has 0 bridgehead atoms. The van der Waals surface area contributed by atoms with Gasteiger partial charge in [-0.25, -0.2) is 0 Å². The van der Waals surface area contributed by atoms with Crippen molar-refractivity contribution >= 4 is 5.69 Å².